The molecule has 1 spiro atoms. The van der Waals surface area contributed by atoms with Gasteiger partial charge in [-0.1, -0.05) is 26.2 Å². The van der Waals surface area contributed by atoms with E-state index in [9.17, 15) is 9.59 Å². The second kappa shape index (κ2) is 4.92. The van der Waals surface area contributed by atoms with Gasteiger partial charge in [-0.3, -0.25) is 14.9 Å². The van der Waals surface area contributed by atoms with Gasteiger partial charge in [0.25, 0.3) is 0 Å². The van der Waals surface area contributed by atoms with Gasteiger partial charge in [0.2, 0.25) is 11.8 Å². The summed E-state index contributed by atoms with van der Waals surface area (Å²) in [5, 5.41) is 2.61. The molecule has 0 aromatic heterocycles. The van der Waals surface area contributed by atoms with Crippen LogP contribution in [-0.4, -0.2) is 11.8 Å². The first-order valence-corrected chi connectivity index (χ1v) is 7.98. The lowest BCUT2D eigenvalue weighted by Gasteiger charge is -2.43. The predicted molar refractivity (Wildman–Crippen MR) is 73.3 cm³/mol. The van der Waals surface area contributed by atoms with Crippen LogP contribution < -0.4 is 5.32 Å². The van der Waals surface area contributed by atoms with Crippen molar-refractivity contribution < 1.29 is 9.59 Å². The first kappa shape index (κ1) is 13.1. The molecule has 106 valence electrons. The van der Waals surface area contributed by atoms with Crippen molar-refractivity contribution in [3.8, 4) is 0 Å². The number of hydrogen-bond acceptors (Lipinski definition) is 2. The van der Waals surface area contributed by atoms with E-state index in [-0.39, 0.29) is 23.1 Å². The molecule has 2 aliphatic carbocycles. The SMILES string of the molecule is CCC1CCC2(CC(=O)NC(=O)C2C2CCCC2)C1. The largest absolute Gasteiger partial charge is 0.296 e. The van der Waals surface area contributed by atoms with E-state index in [1.807, 2.05) is 0 Å². The highest BCUT2D eigenvalue weighted by Crippen LogP contribution is 2.56. The van der Waals surface area contributed by atoms with Gasteiger partial charge in [-0.05, 0) is 49.4 Å². The maximum absolute atomic E-state index is 12.4. The standard InChI is InChI=1S/C16H25NO2/c1-2-11-7-8-16(9-11)10-13(18)17-15(19)14(16)12-5-3-4-6-12/h11-12,14H,2-10H2,1H3,(H,17,18,19). The third kappa shape index (κ3) is 2.21. The Hall–Kier alpha value is -0.860. The number of carbonyl (C=O) groups is 2. The molecule has 3 atom stereocenters. The number of imide groups is 1. The molecule has 2 saturated carbocycles. The van der Waals surface area contributed by atoms with Crippen LogP contribution >= 0.6 is 0 Å². The molecule has 2 amide bonds. The van der Waals surface area contributed by atoms with Gasteiger partial charge in [-0.15, -0.1) is 0 Å². The van der Waals surface area contributed by atoms with Gasteiger partial charge < -0.3 is 0 Å². The summed E-state index contributed by atoms with van der Waals surface area (Å²) in [6, 6.07) is 0. The number of amides is 2. The van der Waals surface area contributed by atoms with Crippen molar-refractivity contribution in [2.45, 2.75) is 64.7 Å². The van der Waals surface area contributed by atoms with E-state index in [0.717, 1.165) is 18.8 Å². The highest BCUT2D eigenvalue weighted by Gasteiger charge is 2.54. The van der Waals surface area contributed by atoms with E-state index in [0.29, 0.717) is 12.3 Å². The van der Waals surface area contributed by atoms with Crippen LogP contribution in [0.2, 0.25) is 0 Å². The first-order valence-electron chi connectivity index (χ1n) is 7.98. The lowest BCUT2D eigenvalue weighted by atomic mass is 9.63. The van der Waals surface area contributed by atoms with Gasteiger partial charge in [0.15, 0.2) is 0 Å². The number of piperidine rings is 1. The van der Waals surface area contributed by atoms with Crippen LogP contribution in [0.25, 0.3) is 0 Å². The summed E-state index contributed by atoms with van der Waals surface area (Å²) in [5.74, 6) is 1.38. The van der Waals surface area contributed by atoms with Gasteiger partial charge in [0.1, 0.15) is 0 Å². The van der Waals surface area contributed by atoms with Crippen molar-refractivity contribution in [2.24, 2.45) is 23.2 Å². The summed E-state index contributed by atoms with van der Waals surface area (Å²) in [5.41, 5.74) is 0.00903. The lowest BCUT2D eigenvalue weighted by Crippen LogP contribution is -2.53. The molecule has 3 fully saturated rings. The van der Waals surface area contributed by atoms with Crippen molar-refractivity contribution in [1.82, 2.24) is 5.32 Å². The monoisotopic (exact) mass is 263 g/mol. The zero-order chi connectivity index (χ0) is 13.5. The Morgan fingerprint density at radius 2 is 1.95 bits per heavy atom. The minimum Gasteiger partial charge on any atom is -0.296 e. The Morgan fingerprint density at radius 3 is 2.58 bits per heavy atom. The molecule has 0 aromatic rings. The summed E-state index contributed by atoms with van der Waals surface area (Å²) < 4.78 is 0. The van der Waals surface area contributed by atoms with Gasteiger partial charge >= 0.3 is 0 Å². The van der Waals surface area contributed by atoms with Gasteiger partial charge in [0.05, 0.1) is 0 Å². The van der Waals surface area contributed by atoms with Crippen LogP contribution in [0.1, 0.15) is 64.7 Å². The number of hydrogen-bond donors (Lipinski definition) is 1. The minimum absolute atomic E-state index is 0.00903. The normalized spacial score (nSPS) is 40.1. The van der Waals surface area contributed by atoms with Crippen molar-refractivity contribution in [2.75, 3.05) is 0 Å². The number of nitrogens with one attached hydrogen (secondary N) is 1. The van der Waals surface area contributed by atoms with Crippen LogP contribution in [0, 0.1) is 23.2 Å². The van der Waals surface area contributed by atoms with Gasteiger partial charge in [0, 0.05) is 12.3 Å². The molecule has 1 heterocycles. The van der Waals surface area contributed by atoms with E-state index in [4.69, 9.17) is 0 Å². The van der Waals surface area contributed by atoms with E-state index in [1.54, 1.807) is 0 Å². The molecule has 1 aliphatic heterocycles. The topological polar surface area (TPSA) is 46.2 Å². The predicted octanol–water partition coefficient (Wildman–Crippen LogP) is 3.04. The minimum atomic E-state index is -0.0315. The van der Waals surface area contributed by atoms with Crippen molar-refractivity contribution >= 4 is 11.8 Å². The van der Waals surface area contributed by atoms with E-state index in [1.165, 1.54) is 38.5 Å². The maximum Gasteiger partial charge on any atom is 0.230 e. The molecule has 3 unspecified atom stereocenters. The van der Waals surface area contributed by atoms with Crippen LogP contribution in [0.4, 0.5) is 0 Å². The molecule has 1 N–H and O–H groups in total. The Kier molecular flexibility index (Phi) is 3.40. The second-order valence-electron chi connectivity index (χ2n) is 6.99. The van der Waals surface area contributed by atoms with Crippen LogP contribution in [0.15, 0.2) is 0 Å². The zero-order valence-corrected chi connectivity index (χ0v) is 11.9. The fraction of sp³-hybridized carbons (Fsp3) is 0.875. The molecule has 3 heteroatoms. The second-order valence-corrected chi connectivity index (χ2v) is 6.99. The third-order valence-electron chi connectivity index (χ3n) is 5.91. The summed E-state index contributed by atoms with van der Waals surface area (Å²) >= 11 is 0. The molecule has 0 radical (unpaired) electrons. The highest BCUT2D eigenvalue weighted by molar-refractivity contribution is 6.00. The van der Waals surface area contributed by atoms with E-state index >= 15 is 0 Å². The van der Waals surface area contributed by atoms with Crippen LogP contribution in [0.5, 0.6) is 0 Å². The van der Waals surface area contributed by atoms with Crippen molar-refractivity contribution in [3.63, 3.8) is 0 Å². The summed E-state index contributed by atoms with van der Waals surface area (Å²) in [7, 11) is 0. The quantitative estimate of drug-likeness (QED) is 0.778. The summed E-state index contributed by atoms with van der Waals surface area (Å²) in [6.07, 6.45) is 10.1. The molecule has 1 saturated heterocycles. The Balaban J connectivity index is 1.88. The van der Waals surface area contributed by atoms with Gasteiger partial charge in [-0.2, -0.15) is 0 Å². The summed E-state index contributed by atoms with van der Waals surface area (Å²) in [4.78, 5) is 24.3. The zero-order valence-electron chi connectivity index (χ0n) is 11.9. The summed E-state index contributed by atoms with van der Waals surface area (Å²) in [6.45, 7) is 2.24. The molecule has 0 bridgehead atoms. The fourth-order valence-corrected chi connectivity index (χ4v) is 5.03. The molecule has 3 rings (SSSR count). The van der Waals surface area contributed by atoms with E-state index in [2.05, 4.69) is 12.2 Å². The average Bonchev–Trinajstić information content (AvgIpc) is 2.99. The van der Waals surface area contributed by atoms with Crippen molar-refractivity contribution in [1.29, 1.82) is 0 Å². The molecule has 19 heavy (non-hydrogen) atoms. The molecule has 0 aromatic carbocycles. The Bertz CT molecular complexity index is 386. The van der Waals surface area contributed by atoms with E-state index < -0.39 is 0 Å². The molecular weight excluding hydrogens is 238 g/mol. The highest BCUT2D eigenvalue weighted by atomic mass is 16.2. The molecule has 3 nitrogen and oxygen atoms in total. The smallest absolute Gasteiger partial charge is 0.230 e. The number of rotatable bonds is 2. The average molecular weight is 263 g/mol. The Morgan fingerprint density at radius 1 is 1.21 bits per heavy atom. The van der Waals surface area contributed by atoms with Gasteiger partial charge in [-0.25, -0.2) is 0 Å². The Labute approximate surface area is 115 Å². The lowest BCUT2D eigenvalue weighted by molar-refractivity contribution is -0.146. The molecule has 3 aliphatic rings. The molecular formula is C16H25NO2. The fourth-order valence-electron chi connectivity index (χ4n) is 5.03. The third-order valence-corrected chi connectivity index (χ3v) is 5.91. The van der Waals surface area contributed by atoms with Crippen LogP contribution in [0.3, 0.4) is 0 Å². The number of carbonyl (C=O) groups excluding carboxylic acids is 2. The maximum atomic E-state index is 12.4. The first-order chi connectivity index (χ1) is 9.14. The van der Waals surface area contributed by atoms with Crippen molar-refractivity contribution in [3.05, 3.63) is 0 Å². The van der Waals surface area contributed by atoms with Crippen LogP contribution in [-0.2, 0) is 9.59 Å².